The predicted molar refractivity (Wildman–Crippen MR) is 94.8 cm³/mol. The minimum absolute atomic E-state index is 0.291. The highest BCUT2D eigenvalue weighted by Crippen LogP contribution is 2.30. The van der Waals surface area contributed by atoms with Crippen molar-refractivity contribution in [1.82, 2.24) is 19.8 Å². The first kappa shape index (κ1) is 15.2. The second-order valence-electron chi connectivity index (χ2n) is 7.89. The van der Waals surface area contributed by atoms with Crippen molar-refractivity contribution in [3.8, 4) is 0 Å². The summed E-state index contributed by atoms with van der Waals surface area (Å²) in [5.41, 5.74) is 2.54. The molecule has 0 unspecified atom stereocenters. The lowest BCUT2D eigenvalue weighted by molar-refractivity contribution is 0.0271. The van der Waals surface area contributed by atoms with Crippen LogP contribution < -0.4 is 0 Å². The third kappa shape index (κ3) is 3.02. The Balaban J connectivity index is 1.35. The van der Waals surface area contributed by atoms with Gasteiger partial charge in [-0.05, 0) is 51.9 Å². The number of aromatic amines is 1. The molecule has 4 nitrogen and oxygen atoms in total. The minimum Gasteiger partial charge on any atom is -0.342 e. The number of fused-ring (bicyclic) bond motifs is 1. The molecule has 0 atom stereocenters. The van der Waals surface area contributed by atoms with Gasteiger partial charge < -0.3 is 4.98 Å². The van der Waals surface area contributed by atoms with Crippen molar-refractivity contribution in [3.05, 3.63) is 30.1 Å². The zero-order valence-corrected chi connectivity index (χ0v) is 14.4. The minimum atomic E-state index is 0.291. The van der Waals surface area contributed by atoms with E-state index in [0.717, 1.165) is 24.1 Å². The van der Waals surface area contributed by atoms with E-state index >= 15 is 0 Å². The first-order chi connectivity index (χ1) is 11.1. The van der Waals surface area contributed by atoms with Crippen LogP contribution in [0.2, 0.25) is 0 Å². The summed E-state index contributed by atoms with van der Waals surface area (Å²) in [6.07, 6.45) is 4.14. The summed E-state index contributed by atoms with van der Waals surface area (Å²) in [6.45, 7) is 10.8. The zero-order chi connectivity index (χ0) is 15.9. The summed E-state index contributed by atoms with van der Waals surface area (Å²) >= 11 is 0. The average molecular weight is 312 g/mol. The van der Waals surface area contributed by atoms with E-state index in [1.165, 1.54) is 44.7 Å². The van der Waals surface area contributed by atoms with E-state index < -0.39 is 0 Å². The largest absolute Gasteiger partial charge is 0.342 e. The van der Waals surface area contributed by atoms with Crippen LogP contribution in [0.25, 0.3) is 11.0 Å². The fourth-order valence-corrected chi connectivity index (χ4v) is 4.18. The Kier molecular flexibility index (Phi) is 3.90. The van der Waals surface area contributed by atoms with E-state index in [2.05, 4.69) is 52.9 Å². The van der Waals surface area contributed by atoms with Gasteiger partial charge in [0.05, 0.1) is 11.0 Å². The van der Waals surface area contributed by atoms with Crippen molar-refractivity contribution >= 4 is 11.0 Å². The number of likely N-dealkylation sites (tertiary alicyclic amines) is 2. The summed E-state index contributed by atoms with van der Waals surface area (Å²) in [6, 6.07) is 8.33. The van der Waals surface area contributed by atoms with Crippen molar-refractivity contribution in [3.63, 3.8) is 0 Å². The number of imidazole rings is 1. The number of hydrogen-bond donors (Lipinski definition) is 1. The van der Waals surface area contributed by atoms with Crippen LogP contribution >= 0.6 is 0 Å². The van der Waals surface area contributed by atoms with Crippen LogP contribution in [0.3, 0.4) is 0 Å². The molecular weight excluding hydrogens is 284 g/mol. The Labute approximate surface area is 138 Å². The molecule has 2 saturated heterocycles. The Morgan fingerprint density at radius 3 is 2.61 bits per heavy atom. The number of nitrogens with zero attached hydrogens (tertiary/aromatic N) is 3. The Morgan fingerprint density at radius 1 is 1.13 bits per heavy atom. The molecule has 4 heteroatoms. The molecule has 1 N–H and O–H groups in total. The van der Waals surface area contributed by atoms with Gasteiger partial charge in [-0.25, -0.2) is 4.98 Å². The summed E-state index contributed by atoms with van der Waals surface area (Å²) in [4.78, 5) is 13.5. The highest BCUT2D eigenvalue weighted by molar-refractivity contribution is 5.74. The highest BCUT2D eigenvalue weighted by atomic mass is 15.3. The summed E-state index contributed by atoms with van der Waals surface area (Å²) in [5, 5.41) is 0. The lowest BCUT2D eigenvalue weighted by Crippen LogP contribution is -2.58. The van der Waals surface area contributed by atoms with Crippen molar-refractivity contribution in [2.45, 2.75) is 44.6 Å². The molecule has 4 rings (SSSR count). The molecule has 0 amide bonds. The van der Waals surface area contributed by atoms with Gasteiger partial charge in [-0.1, -0.05) is 18.6 Å². The normalized spacial score (nSPS) is 21.7. The second-order valence-corrected chi connectivity index (χ2v) is 7.89. The average Bonchev–Trinajstić information content (AvgIpc) is 2.94. The van der Waals surface area contributed by atoms with E-state index in [9.17, 15) is 0 Å². The molecule has 124 valence electrons. The lowest BCUT2D eigenvalue weighted by Gasteiger charge is -2.48. The molecule has 1 aromatic carbocycles. The van der Waals surface area contributed by atoms with Crippen molar-refractivity contribution in [1.29, 1.82) is 0 Å². The van der Waals surface area contributed by atoms with E-state index in [4.69, 9.17) is 4.98 Å². The molecule has 2 aromatic rings. The third-order valence-electron chi connectivity index (χ3n) is 5.57. The first-order valence-electron chi connectivity index (χ1n) is 9.04. The van der Waals surface area contributed by atoms with Crippen LogP contribution in [-0.4, -0.2) is 58.0 Å². The van der Waals surface area contributed by atoms with E-state index in [1.54, 1.807) is 0 Å². The van der Waals surface area contributed by atoms with Crippen molar-refractivity contribution in [2.24, 2.45) is 0 Å². The number of piperidine rings is 1. The summed E-state index contributed by atoms with van der Waals surface area (Å²) in [7, 11) is 0. The van der Waals surface area contributed by atoms with Gasteiger partial charge in [0, 0.05) is 31.1 Å². The quantitative estimate of drug-likeness (QED) is 0.941. The maximum absolute atomic E-state index is 4.76. The van der Waals surface area contributed by atoms with Crippen LogP contribution in [0.15, 0.2) is 24.3 Å². The van der Waals surface area contributed by atoms with E-state index in [1.807, 2.05) is 0 Å². The number of H-pyrrole nitrogens is 1. The molecule has 0 aliphatic carbocycles. The van der Waals surface area contributed by atoms with Gasteiger partial charge in [0.1, 0.15) is 5.82 Å². The molecule has 2 aliphatic heterocycles. The van der Waals surface area contributed by atoms with Gasteiger partial charge in [-0.3, -0.25) is 9.80 Å². The molecule has 23 heavy (non-hydrogen) atoms. The highest BCUT2D eigenvalue weighted by Gasteiger charge is 2.36. The molecular formula is C19H28N4. The lowest BCUT2D eigenvalue weighted by atomic mass is 9.93. The van der Waals surface area contributed by atoms with Crippen molar-refractivity contribution in [2.75, 3.05) is 32.7 Å². The third-order valence-corrected chi connectivity index (χ3v) is 5.57. The van der Waals surface area contributed by atoms with Crippen LogP contribution in [-0.2, 0) is 0 Å². The van der Waals surface area contributed by atoms with Crippen molar-refractivity contribution < 1.29 is 0 Å². The van der Waals surface area contributed by atoms with Crippen LogP contribution in [0.4, 0.5) is 0 Å². The Bertz CT molecular complexity index is 630. The number of aromatic nitrogens is 2. The number of hydrogen-bond acceptors (Lipinski definition) is 3. The molecule has 3 heterocycles. The molecule has 2 fully saturated rings. The van der Waals surface area contributed by atoms with Crippen LogP contribution in [0.1, 0.15) is 44.9 Å². The zero-order valence-electron chi connectivity index (χ0n) is 14.4. The van der Waals surface area contributed by atoms with E-state index in [0.29, 0.717) is 11.5 Å². The topological polar surface area (TPSA) is 35.2 Å². The fraction of sp³-hybridized carbons (Fsp3) is 0.632. The Hall–Kier alpha value is -1.39. The molecule has 1 aromatic heterocycles. The molecule has 0 spiro atoms. The van der Waals surface area contributed by atoms with Gasteiger partial charge in [-0.15, -0.1) is 0 Å². The Morgan fingerprint density at radius 2 is 1.87 bits per heavy atom. The fourth-order valence-electron chi connectivity index (χ4n) is 4.18. The monoisotopic (exact) mass is 312 g/mol. The smallest absolute Gasteiger partial charge is 0.112 e. The number of nitrogens with one attached hydrogen (secondary N) is 1. The van der Waals surface area contributed by atoms with Crippen LogP contribution in [0, 0.1) is 0 Å². The first-order valence-corrected chi connectivity index (χ1v) is 9.04. The standard InChI is InChI=1S/C19H28N4/c1-19(2,23-10-6-3-7-11-23)14-22-12-15(13-22)18-20-16-8-4-5-9-17(16)21-18/h4-5,8-9,15H,3,6-7,10-14H2,1-2H3,(H,20,21). The summed E-state index contributed by atoms with van der Waals surface area (Å²) in [5.74, 6) is 1.73. The molecule has 0 radical (unpaired) electrons. The second kappa shape index (κ2) is 5.91. The van der Waals surface area contributed by atoms with Crippen LogP contribution in [0.5, 0.6) is 0 Å². The van der Waals surface area contributed by atoms with Gasteiger partial charge >= 0.3 is 0 Å². The molecule has 0 saturated carbocycles. The van der Waals surface area contributed by atoms with E-state index in [-0.39, 0.29) is 0 Å². The predicted octanol–water partition coefficient (Wildman–Crippen LogP) is 3.23. The van der Waals surface area contributed by atoms with Gasteiger partial charge in [0.2, 0.25) is 0 Å². The van der Waals surface area contributed by atoms with Gasteiger partial charge in [-0.2, -0.15) is 0 Å². The molecule has 0 bridgehead atoms. The van der Waals surface area contributed by atoms with Gasteiger partial charge in [0.25, 0.3) is 0 Å². The molecule has 2 aliphatic rings. The SMILES string of the molecule is CC(C)(CN1CC(c2nc3ccccc3[nH]2)C1)N1CCCCC1. The summed E-state index contributed by atoms with van der Waals surface area (Å²) < 4.78 is 0. The maximum atomic E-state index is 4.76. The maximum Gasteiger partial charge on any atom is 0.112 e. The number of para-hydroxylation sites is 2. The number of benzene rings is 1. The van der Waals surface area contributed by atoms with Gasteiger partial charge in [0.15, 0.2) is 0 Å². The number of rotatable bonds is 4.